The Morgan fingerprint density at radius 3 is 2.73 bits per heavy atom. The highest BCUT2D eigenvalue weighted by Gasteiger charge is 2.29. The highest BCUT2D eigenvalue weighted by molar-refractivity contribution is 7.93. The van der Waals surface area contributed by atoms with E-state index in [1.54, 1.807) is 12.1 Å². The molecule has 0 atom stereocenters. The largest absolute Gasteiger partial charge is 0.399 e. The summed E-state index contributed by atoms with van der Waals surface area (Å²) in [5.41, 5.74) is 7.91. The van der Waals surface area contributed by atoms with Gasteiger partial charge in [-0.15, -0.1) is 0 Å². The SMILES string of the molecule is Cc1ccc(N)cc1N1CCCS1(=O)=O. The molecule has 2 rings (SSSR count). The molecule has 1 aromatic rings. The summed E-state index contributed by atoms with van der Waals surface area (Å²) in [7, 11) is -3.10. The highest BCUT2D eigenvalue weighted by Crippen LogP contribution is 2.28. The standard InChI is InChI=1S/C10H14N2O2S/c1-8-3-4-9(11)7-10(8)12-5-2-6-15(12,13)14/h3-4,7H,2,5-6,11H2,1H3. The van der Waals surface area contributed by atoms with Crippen molar-refractivity contribution in [2.75, 3.05) is 22.3 Å². The maximum Gasteiger partial charge on any atom is 0.235 e. The predicted molar refractivity (Wildman–Crippen MR) is 61.3 cm³/mol. The van der Waals surface area contributed by atoms with Crippen LogP contribution < -0.4 is 10.0 Å². The Kier molecular flexibility index (Phi) is 2.34. The molecular formula is C10H14N2O2S. The summed E-state index contributed by atoms with van der Waals surface area (Å²) >= 11 is 0. The summed E-state index contributed by atoms with van der Waals surface area (Å²) in [6.45, 7) is 2.45. The number of sulfonamides is 1. The van der Waals surface area contributed by atoms with E-state index < -0.39 is 10.0 Å². The Balaban J connectivity index is 2.50. The van der Waals surface area contributed by atoms with Crippen LogP contribution in [0.3, 0.4) is 0 Å². The minimum Gasteiger partial charge on any atom is -0.399 e. The van der Waals surface area contributed by atoms with Gasteiger partial charge >= 0.3 is 0 Å². The predicted octanol–water partition coefficient (Wildman–Crippen LogP) is 1.12. The maximum atomic E-state index is 11.7. The number of nitrogens with two attached hydrogens (primary N) is 1. The Bertz CT molecular complexity index is 482. The quantitative estimate of drug-likeness (QED) is 0.730. The summed E-state index contributed by atoms with van der Waals surface area (Å²) in [5, 5.41) is 0. The van der Waals surface area contributed by atoms with E-state index in [0.717, 1.165) is 5.56 Å². The summed E-state index contributed by atoms with van der Waals surface area (Å²) in [6, 6.07) is 5.35. The van der Waals surface area contributed by atoms with Gasteiger partial charge < -0.3 is 5.73 Å². The van der Waals surface area contributed by atoms with Gasteiger partial charge in [0.2, 0.25) is 10.0 Å². The van der Waals surface area contributed by atoms with Crippen LogP contribution in [0.1, 0.15) is 12.0 Å². The van der Waals surface area contributed by atoms with Crippen LogP contribution in [-0.2, 0) is 10.0 Å². The van der Waals surface area contributed by atoms with E-state index in [2.05, 4.69) is 0 Å². The number of hydrogen-bond acceptors (Lipinski definition) is 3. The molecule has 15 heavy (non-hydrogen) atoms. The van der Waals surface area contributed by atoms with Crippen LogP contribution in [0.5, 0.6) is 0 Å². The van der Waals surface area contributed by atoms with Crippen molar-refractivity contribution >= 4 is 21.4 Å². The number of hydrogen-bond donors (Lipinski definition) is 1. The smallest absolute Gasteiger partial charge is 0.235 e. The second-order valence-corrected chi connectivity index (χ2v) is 5.80. The Labute approximate surface area is 89.7 Å². The van der Waals surface area contributed by atoms with Crippen molar-refractivity contribution in [3.8, 4) is 0 Å². The van der Waals surface area contributed by atoms with E-state index in [-0.39, 0.29) is 5.75 Å². The van der Waals surface area contributed by atoms with Crippen molar-refractivity contribution in [1.82, 2.24) is 0 Å². The van der Waals surface area contributed by atoms with E-state index in [1.807, 2.05) is 13.0 Å². The zero-order valence-corrected chi connectivity index (χ0v) is 9.42. The van der Waals surface area contributed by atoms with Crippen molar-refractivity contribution in [1.29, 1.82) is 0 Å². The van der Waals surface area contributed by atoms with E-state index in [1.165, 1.54) is 4.31 Å². The molecule has 1 aliphatic heterocycles. The van der Waals surface area contributed by atoms with Gasteiger partial charge in [-0.05, 0) is 31.0 Å². The van der Waals surface area contributed by atoms with E-state index >= 15 is 0 Å². The van der Waals surface area contributed by atoms with Crippen LogP contribution in [0.4, 0.5) is 11.4 Å². The first-order valence-electron chi connectivity index (χ1n) is 4.87. The first-order chi connectivity index (χ1) is 7.00. The van der Waals surface area contributed by atoms with Gasteiger partial charge in [0.1, 0.15) is 0 Å². The number of rotatable bonds is 1. The number of benzene rings is 1. The van der Waals surface area contributed by atoms with Crippen molar-refractivity contribution in [2.24, 2.45) is 0 Å². The second kappa shape index (κ2) is 3.41. The van der Waals surface area contributed by atoms with Crippen LogP contribution in [0.15, 0.2) is 18.2 Å². The number of anilines is 2. The van der Waals surface area contributed by atoms with Gasteiger partial charge in [-0.25, -0.2) is 8.42 Å². The summed E-state index contributed by atoms with van der Waals surface area (Å²) < 4.78 is 24.9. The molecule has 0 radical (unpaired) electrons. The van der Waals surface area contributed by atoms with Crippen LogP contribution in [0.25, 0.3) is 0 Å². The lowest BCUT2D eigenvalue weighted by molar-refractivity contribution is 0.599. The monoisotopic (exact) mass is 226 g/mol. The second-order valence-electron chi connectivity index (χ2n) is 3.79. The van der Waals surface area contributed by atoms with Crippen LogP contribution in [0, 0.1) is 6.92 Å². The molecule has 4 nitrogen and oxygen atoms in total. The van der Waals surface area contributed by atoms with Gasteiger partial charge in [0.05, 0.1) is 11.4 Å². The molecule has 1 fully saturated rings. The number of aryl methyl sites for hydroxylation is 1. The molecular weight excluding hydrogens is 212 g/mol. The van der Waals surface area contributed by atoms with Gasteiger partial charge in [-0.3, -0.25) is 4.31 Å². The Morgan fingerprint density at radius 2 is 2.13 bits per heavy atom. The first kappa shape index (κ1) is 10.3. The Morgan fingerprint density at radius 1 is 1.40 bits per heavy atom. The molecule has 2 N–H and O–H groups in total. The van der Waals surface area contributed by atoms with Crippen molar-refractivity contribution in [3.05, 3.63) is 23.8 Å². The van der Waals surface area contributed by atoms with Crippen molar-refractivity contribution in [3.63, 3.8) is 0 Å². The van der Waals surface area contributed by atoms with Crippen LogP contribution in [-0.4, -0.2) is 20.7 Å². The topological polar surface area (TPSA) is 63.4 Å². The van der Waals surface area contributed by atoms with Crippen molar-refractivity contribution in [2.45, 2.75) is 13.3 Å². The van der Waals surface area contributed by atoms with E-state index in [0.29, 0.717) is 24.3 Å². The molecule has 0 unspecified atom stereocenters. The molecule has 0 spiro atoms. The van der Waals surface area contributed by atoms with Gasteiger partial charge in [-0.1, -0.05) is 6.07 Å². The molecule has 0 saturated carbocycles. The molecule has 0 bridgehead atoms. The Hall–Kier alpha value is -1.23. The maximum absolute atomic E-state index is 11.7. The van der Waals surface area contributed by atoms with E-state index in [9.17, 15) is 8.42 Å². The minimum absolute atomic E-state index is 0.237. The molecule has 0 aliphatic carbocycles. The van der Waals surface area contributed by atoms with Gasteiger partial charge in [0.25, 0.3) is 0 Å². The van der Waals surface area contributed by atoms with Gasteiger partial charge in [0.15, 0.2) is 0 Å². The fourth-order valence-corrected chi connectivity index (χ4v) is 3.42. The minimum atomic E-state index is -3.10. The average Bonchev–Trinajstić information content (AvgIpc) is 2.50. The average molecular weight is 226 g/mol. The highest BCUT2D eigenvalue weighted by atomic mass is 32.2. The van der Waals surface area contributed by atoms with E-state index in [4.69, 9.17) is 5.73 Å². The zero-order chi connectivity index (χ0) is 11.1. The zero-order valence-electron chi connectivity index (χ0n) is 8.60. The number of nitrogen functional groups attached to an aromatic ring is 1. The fourth-order valence-electron chi connectivity index (χ4n) is 1.81. The number of nitrogens with zero attached hydrogens (tertiary/aromatic N) is 1. The molecule has 1 aromatic carbocycles. The molecule has 0 aromatic heterocycles. The summed E-state index contributed by atoms with van der Waals surface area (Å²) in [6.07, 6.45) is 0.691. The molecule has 1 aliphatic rings. The van der Waals surface area contributed by atoms with Gasteiger partial charge in [0, 0.05) is 12.2 Å². The third kappa shape index (κ3) is 1.79. The van der Waals surface area contributed by atoms with Crippen LogP contribution >= 0.6 is 0 Å². The lowest BCUT2D eigenvalue weighted by atomic mass is 10.2. The lowest BCUT2D eigenvalue weighted by Crippen LogP contribution is -2.25. The summed E-state index contributed by atoms with van der Waals surface area (Å²) in [5.74, 6) is 0.237. The normalized spacial score (nSPS) is 19.4. The molecule has 1 saturated heterocycles. The first-order valence-corrected chi connectivity index (χ1v) is 6.48. The van der Waals surface area contributed by atoms with Crippen molar-refractivity contribution < 1.29 is 8.42 Å². The summed E-state index contributed by atoms with van der Waals surface area (Å²) in [4.78, 5) is 0. The molecule has 5 heteroatoms. The van der Waals surface area contributed by atoms with Crippen LogP contribution in [0.2, 0.25) is 0 Å². The third-order valence-corrected chi connectivity index (χ3v) is 4.46. The molecule has 0 amide bonds. The molecule has 82 valence electrons. The lowest BCUT2D eigenvalue weighted by Gasteiger charge is -2.19. The fraction of sp³-hybridized carbons (Fsp3) is 0.400. The molecule has 1 heterocycles. The van der Waals surface area contributed by atoms with Gasteiger partial charge in [-0.2, -0.15) is 0 Å². The third-order valence-electron chi connectivity index (χ3n) is 2.60.